The predicted molar refractivity (Wildman–Crippen MR) is 115 cm³/mol. The summed E-state index contributed by atoms with van der Waals surface area (Å²) in [5.41, 5.74) is 0.347. The molecule has 1 aliphatic carbocycles. The lowest BCUT2D eigenvalue weighted by Gasteiger charge is -2.41. The monoisotopic (exact) mass is 460 g/mol. The molecule has 0 radical (unpaired) electrons. The molecule has 4 rings (SSSR count). The number of rotatable bonds is 6. The van der Waals surface area contributed by atoms with E-state index in [2.05, 4.69) is 0 Å². The fraction of sp³-hybridized carbons (Fsp3) is 0.522. The van der Waals surface area contributed by atoms with E-state index in [-0.39, 0.29) is 40.6 Å². The van der Waals surface area contributed by atoms with Gasteiger partial charge >= 0.3 is 0 Å². The van der Waals surface area contributed by atoms with Crippen molar-refractivity contribution in [3.8, 4) is 11.5 Å². The lowest BCUT2D eigenvalue weighted by atomic mass is 9.86. The molecule has 0 saturated carbocycles. The van der Waals surface area contributed by atoms with E-state index >= 15 is 0 Å². The van der Waals surface area contributed by atoms with Crippen LogP contribution in [0, 0.1) is 0 Å². The maximum absolute atomic E-state index is 13.9. The second-order valence-corrected chi connectivity index (χ2v) is 8.06. The van der Waals surface area contributed by atoms with Crippen molar-refractivity contribution in [3.63, 3.8) is 0 Å². The number of amides is 1. The molecule has 1 aromatic carbocycles. The Kier molecular flexibility index (Phi) is 6.42. The highest BCUT2D eigenvalue weighted by molar-refractivity contribution is 6.29. The average molecular weight is 460 g/mol. The smallest absolute Gasteiger partial charge is 0.252 e. The molecule has 10 heteroatoms. The van der Waals surface area contributed by atoms with E-state index in [0.29, 0.717) is 39.1 Å². The van der Waals surface area contributed by atoms with Crippen molar-refractivity contribution >= 4 is 17.5 Å². The molecular formula is C23H28N2O8. The Hall–Kier alpha value is -2.95. The van der Waals surface area contributed by atoms with Crippen LogP contribution >= 0.6 is 0 Å². The molecule has 0 atom stereocenters. The first-order valence-electron chi connectivity index (χ1n) is 10.7. The summed E-state index contributed by atoms with van der Waals surface area (Å²) in [6.07, 6.45) is 1.06. The van der Waals surface area contributed by atoms with Crippen molar-refractivity contribution in [2.45, 2.75) is 18.6 Å². The van der Waals surface area contributed by atoms with E-state index in [0.717, 1.165) is 0 Å². The molecule has 10 nitrogen and oxygen atoms in total. The molecule has 0 aromatic heterocycles. The predicted octanol–water partition coefficient (Wildman–Crippen LogP) is 1.24. The van der Waals surface area contributed by atoms with E-state index in [1.807, 2.05) is 4.90 Å². The van der Waals surface area contributed by atoms with Gasteiger partial charge in [-0.1, -0.05) is 0 Å². The van der Waals surface area contributed by atoms with Crippen LogP contribution in [0.4, 0.5) is 0 Å². The van der Waals surface area contributed by atoms with Crippen LogP contribution in [0.5, 0.6) is 11.5 Å². The first kappa shape index (κ1) is 23.2. The zero-order valence-electron chi connectivity index (χ0n) is 19.3. The van der Waals surface area contributed by atoms with Crippen LogP contribution in [0.2, 0.25) is 0 Å². The van der Waals surface area contributed by atoms with Crippen molar-refractivity contribution in [3.05, 3.63) is 34.7 Å². The molecule has 2 saturated heterocycles. The second-order valence-electron chi connectivity index (χ2n) is 8.06. The van der Waals surface area contributed by atoms with Gasteiger partial charge in [0.25, 0.3) is 5.91 Å². The van der Waals surface area contributed by atoms with Gasteiger partial charge < -0.3 is 33.5 Å². The third-order valence-corrected chi connectivity index (χ3v) is 6.31. The van der Waals surface area contributed by atoms with Crippen LogP contribution in [0.1, 0.15) is 33.6 Å². The first-order chi connectivity index (χ1) is 15.9. The Bertz CT molecular complexity index is 1000. The van der Waals surface area contributed by atoms with Gasteiger partial charge in [0, 0.05) is 40.1 Å². The molecule has 2 fully saturated rings. The highest BCUT2D eigenvalue weighted by atomic mass is 16.7. The molecule has 0 N–H and O–H groups in total. The zero-order valence-corrected chi connectivity index (χ0v) is 19.3. The first-order valence-corrected chi connectivity index (χ1v) is 10.7. The van der Waals surface area contributed by atoms with Crippen molar-refractivity contribution in [2.24, 2.45) is 0 Å². The molecule has 178 valence electrons. The summed E-state index contributed by atoms with van der Waals surface area (Å²) in [5, 5.41) is 0. The normalized spacial score (nSPS) is 19.7. The number of carbonyl (C=O) groups is 3. The van der Waals surface area contributed by atoms with Gasteiger partial charge in [0.15, 0.2) is 5.79 Å². The van der Waals surface area contributed by atoms with Gasteiger partial charge in [0.05, 0.1) is 38.6 Å². The number of hydrogen-bond donors (Lipinski definition) is 0. The quantitative estimate of drug-likeness (QED) is 0.620. The van der Waals surface area contributed by atoms with Crippen LogP contribution in [0.3, 0.4) is 0 Å². The van der Waals surface area contributed by atoms with E-state index in [1.54, 1.807) is 12.1 Å². The van der Waals surface area contributed by atoms with E-state index in [1.165, 1.54) is 33.3 Å². The minimum absolute atomic E-state index is 0.00897. The highest BCUT2D eigenvalue weighted by Crippen LogP contribution is 2.41. The molecule has 1 aromatic rings. The number of methoxy groups -OCH3 is 3. The number of likely N-dealkylation sites (N-methyl/N-ethyl adjacent to an activating group) is 1. The van der Waals surface area contributed by atoms with Gasteiger partial charge in [-0.2, -0.15) is 0 Å². The number of nitrogens with zero attached hydrogens (tertiary/aromatic N) is 2. The van der Waals surface area contributed by atoms with Gasteiger partial charge in [-0.3, -0.25) is 14.4 Å². The van der Waals surface area contributed by atoms with E-state index in [9.17, 15) is 14.4 Å². The average Bonchev–Trinajstić information content (AvgIpc) is 3.28. The SMILES string of the molecule is COCC(=O)N(C)C1=C(N2CCC3(CC2)OCCO3)C(=O)c2c(OC)ccc(OC)c2C1=O. The number of piperidine rings is 1. The van der Waals surface area contributed by atoms with Crippen molar-refractivity contribution in [1.82, 2.24) is 9.80 Å². The van der Waals surface area contributed by atoms with Crippen LogP contribution < -0.4 is 9.47 Å². The number of fused-ring (bicyclic) bond motifs is 1. The minimum Gasteiger partial charge on any atom is -0.496 e. The summed E-state index contributed by atoms with van der Waals surface area (Å²) in [7, 11) is 5.72. The lowest BCUT2D eigenvalue weighted by molar-refractivity contribution is -0.182. The lowest BCUT2D eigenvalue weighted by Crippen LogP contribution is -2.48. The second kappa shape index (κ2) is 9.12. The third kappa shape index (κ3) is 3.88. The number of Topliss-reactive ketones (excluding diaryl/α,β-unsaturated/α-hetero) is 2. The molecular weight excluding hydrogens is 432 g/mol. The van der Waals surface area contributed by atoms with Crippen LogP contribution in [0.15, 0.2) is 23.5 Å². The van der Waals surface area contributed by atoms with Gasteiger partial charge in [-0.05, 0) is 12.1 Å². The van der Waals surface area contributed by atoms with Crippen LogP contribution in [-0.2, 0) is 19.0 Å². The van der Waals surface area contributed by atoms with Gasteiger partial charge in [0.2, 0.25) is 11.6 Å². The summed E-state index contributed by atoms with van der Waals surface area (Å²) >= 11 is 0. The molecule has 3 aliphatic rings. The minimum atomic E-state index is -0.657. The number of ether oxygens (including phenoxy) is 5. The third-order valence-electron chi connectivity index (χ3n) is 6.31. The molecule has 33 heavy (non-hydrogen) atoms. The zero-order chi connectivity index (χ0) is 23.8. The Morgan fingerprint density at radius 1 is 1.00 bits per heavy atom. The van der Waals surface area contributed by atoms with Crippen molar-refractivity contribution in [2.75, 3.05) is 61.3 Å². The number of benzene rings is 1. The fourth-order valence-electron chi connectivity index (χ4n) is 4.61. The topological polar surface area (TPSA) is 104 Å². The van der Waals surface area contributed by atoms with Gasteiger partial charge in [0.1, 0.15) is 29.5 Å². The fourth-order valence-corrected chi connectivity index (χ4v) is 4.61. The molecule has 2 aliphatic heterocycles. The largest absolute Gasteiger partial charge is 0.496 e. The van der Waals surface area contributed by atoms with Crippen LogP contribution in [-0.4, -0.2) is 94.3 Å². The maximum atomic E-state index is 13.9. The number of hydrogen-bond acceptors (Lipinski definition) is 9. The van der Waals surface area contributed by atoms with Crippen LogP contribution in [0.25, 0.3) is 0 Å². The summed E-state index contributed by atoms with van der Waals surface area (Å²) in [6.45, 7) is 1.67. The van der Waals surface area contributed by atoms with Gasteiger partial charge in [-0.15, -0.1) is 0 Å². The summed E-state index contributed by atoms with van der Waals surface area (Å²) in [4.78, 5) is 43.4. The number of carbonyl (C=O) groups excluding carboxylic acids is 3. The number of likely N-dealkylation sites (tertiary alicyclic amines) is 1. The maximum Gasteiger partial charge on any atom is 0.252 e. The molecule has 0 unspecified atom stereocenters. The van der Waals surface area contributed by atoms with E-state index < -0.39 is 23.3 Å². The Balaban J connectivity index is 1.83. The number of allylic oxidation sites excluding steroid dienone is 2. The van der Waals surface area contributed by atoms with E-state index in [4.69, 9.17) is 23.7 Å². The summed E-state index contributed by atoms with van der Waals surface area (Å²) < 4.78 is 27.4. The molecule has 1 spiro atoms. The standard InChI is InChI=1S/C23H28N2O8/c1-24(16(26)13-29-2)19-20(25-9-7-23(8-10-25)32-11-12-33-23)22(28)18-15(31-4)6-5-14(30-3)17(18)21(19)27/h5-6H,7-13H2,1-4H3. The summed E-state index contributed by atoms with van der Waals surface area (Å²) in [6, 6.07) is 3.17. The molecule has 0 bridgehead atoms. The Morgan fingerprint density at radius 2 is 1.55 bits per heavy atom. The molecule has 2 heterocycles. The Labute approximate surface area is 192 Å². The Morgan fingerprint density at radius 3 is 2.06 bits per heavy atom. The number of ketones is 2. The summed E-state index contributed by atoms with van der Waals surface area (Å²) in [5.74, 6) is -1.50. The van der Waals surface area contributed by atoms with Gasteiger partial charge in [-0.25, -0.2) is 0 Å². The van der Waals surface area contributed by atoms with Crippen molar-refractivity contribution < 1.29 is 38.1 Å². The van der Waals surface area contributed by atoms with Crippen molar-refractivity contribution in [1.29, 1.82) is 0 Å². The molecule has 1 amide bonds. The highest BCUT2D eigenvalue weighted by Gasteiger charge is 2.46.